The van der Waals surface area contributed by atoms with Crippen LogP contribution in [0.4, 0.5) is 4.79 Å². The minimum atomic E-state index is -0.432. The summed E-state index contributed by atoms with van der Waals surface area (Å²) in [6.45, 7) is 10.1. The predicted molar refractivity (Wildman–Crippen MR) is 75.3 cm³/mol. The van der Waals surface area contributed by atoms with Crippen LogP contribution in [0.5, 0.6) is 0 Å². The summed E-state index contributed by atoms with van der Waals surface area (Å²) < 4.78 is 10.9. The van der Waals surface area contributed by atoms with Crippen molar-refractivity contribution in [3.8, 4) is 0 Å². The molecule has 2 atom stereocenters. The van der Waals surface area contributed by atoms with E-state index in [-0.39, 0.29) is 6.09 Å². The van der Waals surface area contributed by atoms with Crippen molar-refractivity contribution < 1.29 is 14.3 Å². The van der Waals surface area contributed by atoms with Crippen molar-refractivity contribution in [1.29, 1.82) is 0 Å². The second-order valence-electron chi connectivity index (χ2n) is 6.13. The molecule has 5 nitrogen and oxygen atoms in total. The maximum Gasteiger partial charge on any atom is 0.407 e. The van der Waals surface area contributed by atoms with Crippen molar-refractivity contribution in [3.63, 3.8) is 0 Å². The molecule has 2 unspecified atom stereocenters. The fourth-order valence-electron chi connectivity index (χ4n) is 2.02. The second-order valence-corrected chi connectivity index (χ2v) is 6.13. The average molecular weight is 272 g/mol. The number of ether oxygens (including phenoxy) is 2. The molecular formula is C14H28N2O3. The first-order valence-electron chi connectivity index (χ1n) is 7.20. The van der Waals surface area contributed by atoms with Crippen LogP contribution in [0.2, 0.25) is 0 Å². The molecule has 0 radical (unpaired) electrons. The highest BCUT2D eigenvalue weighted by Crippen LogP contribution is 2.17. The van der Waals surface area contributed by atoms with E-state index in [2.05, 4.69) is 17.6 Å². The van der Waals surface area contributed by atoms with Crippen LogP contribution < -0.4 is 10.6 Å². The summed E-state index contributed by atoms with van der Waals surface area (Å²) >= 11 is 0. The Kier molecular flexibility index (Phi) is 6.58. The smallest absolute Gasteiger partial charge is 0.407 e. The molecule has 0 aromatic carbocycles. The van der Waals surface area contributed by atoms with Crippen molar-refractivity contribution in [1.82, 2.24) is 10.6 Å². The lowest BCUT2D eigenvalue weighted by atomic mass is 10.2. The SMILES string of the molecule is CC1CCC(CNCCCNC(=O)OC(C)(C)C)O1. The molecule has 0 spiro atoms. The molecule has 1 heterocycles. The highest BCUT2D eigenvalue weighted by molar-refractivity contribution is 5.67. The molecule has 2 N–H and O–H groups in total. The zero-order valence-corrected chi connectivity index (χ0v) is 12.6. The first-order valence-corrected chi connectivity index (χ1v) is 7.20. The van der Waals surface area contributed by atoms with Crippen LogP contribution in [0.1, 0.15) is 47.0 Å². The molecular weight excluding hydrogens is 244 g/mol. The monoisotopic (exact) mass is 272 g/mol. The zero-order chi connectivity index (χ0) is 14.3. The fraction of sp³-hybridized carbons (Fsp3) is 0.929. The molecule has 1 rings (SSSR count). The summed E-state index contributed by atoms with van der Waals surface area (Å²) in [4.78, 5) is 11.4. The summed E-state index contributed by atoms with van der Waals surface area (Å²) in [5, 5.41) is 6.10. The van der Waals surface area contributed by atoms with Gasteiger partial charge < -0.3 is 20.1 Å². The van der Waals surface area contributed by atoms with E-state index in [1.54, 1.807) is 0 Å². The summed E-state index contributed by atoms with van der Waals surface area (Å²) in [6, 6.07) is 0. The molecule has 19 heavy (non-hydrogen) atoms. The zero-order valence-electron chi connectivity index (χ0n) is 12.6. The van der Waals surface area contributed by atoms with Crippen LogP contribution in [0.3, 0.4) is 0 Å². The van der Waals surface area contributed by atoms with Gasteiger partial charge in [0.15, 0.2) is 0 Å². The van der Waals surface area contributed by atoms with E-state index in [1.807, 2.05) is 20.8 Å². The van der Waals surface area contributed by atoms with Gasteiger partial charge in [-0.2, -0.15) is 0 Å². The summed E-state index contributed by atoms with van der Waals surface area (Å²) in [5.74, 6) is 0. The summed E-state index contributed by atoms with van der Waals surface area (Å²) in [6.07, 6.45) is 3.60. The van der Waals surface area contributed by atoms with Crippen molar-refractivity contribution in [2.24, 2.45) is 0 Å². The van der Waals surface area contributed by atoms with Gasteiger partial charge in [0.25, 0.3) is 0 Å². The Morgan fingerprint density at radius 3 is 2.63 bits per heavy atom. The van der Waals surface area contributed by atoms with E-state index < -0.39 is 5.60 Å². The Hall–Kier alpha value is -0.810. The van der Waals surface area contributed by atoms with E-state index in [0.29, 0.717) is 18.8 Å². The lowest BCUT2D eigenvalue weighted by Gasteiger charge is -2.19. The first kappa shape index (κ1) is 16.2. The van der Waals surface area contributed by atoms with Crippen LogP contribution in [0.15, 0.2) is 0 Å². The van der Waals surface area contributed by atoms with E-state index in [4.69, 9.17) is 9.47 Å². The van der Waals surface area contributed by atoms with Crippen molar-refractivity contribution in [2.45, 2.75) is 64.8 Å². The van der Waals surface area contributed by atoms with Crippen molar-refractivity contribution >= 4 is 6.09 Å². The third-order valence-electron chi connectivity index (χ3n) is 2.89. The summed E-state index contributed by atoms with van der Waals surface area (Å²) in [7, 11) is 0. The molecule has 0 aromatic rings. The van der Waals surface area contributed by atoms with E-state index in [0.717, 1.165) is 32.4 Å². The Labute approximate surface area is 116 Å². The number of hydrogen-bond acceptors (Lipinski definition) is 4. The quantitative estimate of drug-likeness (QED) is 0.727. The third-order valence-corrected chi connectivity index (χ3v) is 2.89. The first-order chi connectivity index (χ1) is 8.87. The van der Waals surface area contributed by atoms with Crippen LogP contribution in [0, 0.1) is 0 Å². The number of hydrogen-bond donors (Lipinski definition) is 2. The number of carbonyl (C=O) groups is 1. The minimum absolute atomic E-state index is 0.347. The second kappa shape index (κ2) is 7.70. The van der Waals surface area contributed by atoms with Crippen LogP contribution in [-0.4, -0.2) is 43.5 Å². The number of rotatable bonds is 6. The molecule has 0 aromatic heterocycles. The number of carbonyl (C=O) groups excluding carboxylic acids is 1. The van der Waals surface area contributed by atoms with Crippen LogP contribution in [0.25, 0.3) is 0 Å². The molecule has 1 fully saturated rings. The van der Waals surface area contributed by atoms with Gasteiger partial charge in [-0.05, 0) is 53.5 Å². The lowest BCUT2D eigenvalue weighted by molar-refractivity contribution is 0.0520. The molecule has 1 saturated heterocycles. The molecule has 0 aliphatic carbocycles. The van der Waals surface area contributed by atoms with Crippen LogP contribution >= 0.6 is 0 Å². The third kappa shape index (κ3) is 8.06. The predicted octanol–water partition coefficient (Wildman–Crippen LogP) is 2.06. The van der Waals surface area contributed by atoms with Gasteiger partial charge in [0.1, 0.15) is 5.60 Å². The van der Waals surface area contributed by atoms with Gasteiger partial charge in [-0.3, -0.25) is 0 Å². The van der Waals surface area contributed by atoms with Gasteiger partial charge in [0.2, 0.25) is 0 Å². The van der Waals surface area contributed by atoms with Gasteiger partial charge in [-0.15, -0.1) is 0 Å². The highest BCUT2D eigenvalue weighted by Gasteiger charge is 2.20. The molecule has 1 amide bonds. The van der Waals surface area contributed by atoms with Gasteiger partial charge in [0.05, 0.1) is 12.2 Å². The Balaban J connectivity index is 1.92. The average Bonchev–Trinajstić information content (AvgIpc) is 2.67. The number of alkyl carbamates (subject to hydrolysis) is 1. The summed E-state index contributed by atoms with van der Waals surface area (Å²) in [5.41, 5.74) is -0.432. The molecule has 1 aliphatic heterocycles. The fourth-order valence-corrected chi connectivity index (χ4v) is 2.02. The number of amides is 1. The van der Waals surface area contributed by atoms with E-state index in [9.17, 15) is 4.79 Å². The molecule has 1 aliphatic rings. The highest BCUT2D eigenvalue weighted by atomic mass is 16.6. The largest absolute Gasteiger partial charge is 0.444 e. The Morgan fingerprint density at radius 2 is 2.05 bits per heavy atom. The maximum absolute atomic E-state index is 11.4. The van der Waals surface area contributed by atoms with Gasteiger partial charge in [-0.25, -0.2) is 4.79 Å². The van der Waals surface area contributed by atoms with Gasteiger partial charge >= 0.3 is 6.09 Å². The normalized spacial score (nSPS) is 23.4. The lowest BCUT2D eigenvalue weighted by Crippen LogP contribution is -2.34. The molecule has 5 heteroatoms. The minimum Gasteiger partial charge on any atom is -0.444 e. The molecule has 0 bridgehead atoms. The Bertz CT molecular complexity index is 276. The van der Waals surface area contributed by atoms with Gasteiger partial charge in [0, 0.05) is 13.1 Å². The Morgan fingerprint density at radius 1 is 1.32 bits per heavy atom. The van der Waals surface area contributed by atoms with Crippen molar-refractivity contribution in [3.05, 3.63) is 0 Å². The molecule has 112 valence electrons. The topological polar surface area (TPSA) is 59.6 Å². The van der Waals surface area contributed by atoms with Crippen molar-refractivity contribution in [2.75, 3.05) is 19.6 Å². The van der Waals surface area contributed by atoms with E-state index in [1.165, 1.54) is 0 Å². The number of nitrogens with one attached hydrogen (secondary N) is 2. The standard InChI is InChI=1S/C14H28N2O3/c1-11-6-7-12(18-11)10-15-8-5-9-16-13(17)19-14(2,3)4/h11-12,15H,5-10H2,1-4H3,(H,16,17). The van der Waals surface area contributed by atoms with E-state index >= 15 is 0 Å². The van der Waals surface area contributed by atoms with Crippen LogP contribution in [-0.2, 0) is 9.47 Å². The van der Waals surface area contributed by atoms with Gasteiger partial charge in [-0.1, -0.05) is 0 Å². The maximum atomic E-state index is 11.4. The molecule has 0 saturated carbocycles.